The van der Waals surface area contributed by atoms with Crippen molar-refractivity contribution >= 4 is 28.4 Å². The molecule has 0 spiro atoms. The normalized spacial score (nSPS) is 11.0. The molecule has 9 nitrogen and oxygen atoms in total. The number of benzene rings is 1. The molecule has 9 heteroatoms. The molecule has 0 fully saturated rings. The second kappa shape index (κ2) is 8.02. The van der Waals surface area contributed by atoms with E-state index in [1.54, 1.807) is 27.8 Å². The first kappa shape index (κ1) is 20.3. The Balaban J connectivity index is 1.81. The quantitative estimate of drug-likeness (QED) is 0.519. The highest BCUT2D eigenvalue weighted by molar-refractivity contribution is 6.14. The van der Waals surface area contributed by atoms with E-state index in [4.69, 9.17) is 4.98 Å². The maximum absolute atomic E-state index is 13.3. The van der Waals surface area contributed by atoms with Gasteiger partial charge in [0.1, 0.15) is 0 Å². The zero-order chi connectivity index (χ0) is 22.1. The third-order valence-corrected chi connectivity index (χ3v) is 5.25. The first-order valence-corrected chi connectivity index (χ1v) is 9.92. The highest BCUT2D eigenvalue weighted by Gasteiger charge is 2.21. The van der Waals surface area contributed by atoms with Crippen LogP contribution in [-0.2, 0) is 13.6 Å². The van der Waals surface area contributed by atoms with Crippen molar-refractivity contribution in [1.82, 2.24) is 29.9 Å². The highest BCUT2D eigenvalue weighted by atomic mass is 16.2. The van der Waals surface area contributed by atoms with E-state index in [9.17, 15) is 9.59 Å². The van der Waals surface area contributed by atoms with Gasteiger partial charge in [0.05, 0.1) is 28.7 Å². The van der Waals surface area contributed by atoms with Crippen LogP contribution >= 0.6 is 0 Å². The fraction of sp³-hybridized carbons (Fsp3) is 0.227. The molecule has 0 radical (unpaired) electrons. The number of carbonyl (C=O) groups excluding carboxylic acids is 2. The summed E-state index contributed by atoms with van der Waals surface area (Å²) in [5, 5.41) is 14.7. The lowest BCUT2D eigenvalue weighted by atomic mass is 10.0. The van der Waals surface area contributed by atoms with Gasteiger partial charge in [-0.2, -0.15) is 10.2 Å². The number of aryl methyl sites for hydroxylation is 2. The molecule has 4 rings (SSSR count). The summed E-state index contributed by atoms with van der Waals surface area (Å²) in [6.07, 6.45) is 3.39. The van der Waals surface area contributed by atoms with Crippen LogP contribution < -0.4 is 10.6 Å². The Morgan fingerprint density at radius 2 is 1.94 bits per heavy atom. The van der Waals surface area contributed by atoms with Crippen LogP contribution in [0.3, 0.4) is 0 Å². The summed E-state index contributed by atoms with van der Waals surface area (Å²) in [4.78, 5) is 30.3. The van der Waals surface area contributed by atoms with Crippen LogP contribution in [0.15, 0.2) is 42.7 Å². The van der Waals surface area contributed by atoms with Gasteiger partial charge in [-0.1, -0.05) is 18.2 Å². The number of nitrogens with zero attached hydrogens (tertiary/aromatic N) is 5. The van der Waals surface area contributed by atoms with Gasteiger partial charge in [0.15, 0.2) is 5.69 Å². The lowest BCUT2D eigenvalue weighted by Crippen LogP contribution is -2.21. The molecule has 3 heterocycles. The number of aromatic nitrogens is 5. The molecule has 0 aliphatic heterocycles. The Morgan fingerprint density at radius 1 is 1.16 bits per heavy atom. The van der Waals surface area contributed by atoms with Crippen LogP contribution in [0.2, 0.25) is 0 Å². The van der Waals surface area contributed by atoms with Crippen molar-refractivity contribution in [3.8, 4) is 11.3 Å². The average molecular weight is 417 g/mol. The van der Waals surface area contributed by atoms with E-state index in [-0.39, 0.29) is 17.5 Å². The minimum atomic E-state index is -0.367. The predicted octanol–water partition coefficient (Wildman–Crippen LogP) is 2.77. The van der Waals surface area contributed by atoms with E-state index in [1.165, 1.54) is 7.05 Å². The van der Waals surface area contributed by atoms with Crippen LogP contribution in [0.25, 0.3) is 22.2 Å². The number of rotatable bonds is 5. The number of nitrogens with one attached hydrogen (secondary N) is 2. The number of fused-ring (bicyclic) bond motifs is 1. The fourth-order valence-corrected chi connectivity index (χ4v) is 3.40. The minimum absolute atomic E-state index is 0.166. The minimum Gasteiger partial charge on any atom is -0.354 e. The second-order valence-electron chi connectivity index (χ2n) is 7.12. The molecule has 2 amide bonds. The van der Waals surface area contributed by atoms with E-state index in [0.29, 0.717) is 29.0 Å². The highest BCUT2D eigenvalue weighted by Crippen LogP contribution is 2.27. The molecule has 31 heavy (non-hydrogen) atoms. The van der Waals surface area contributed by atoms with E-state index in [1.807, 2.05) is 45.2 Å². The first-order valence-electron chi connectivity index (χ1n) is 9.92. The summed E-state index contributed by atoms with van der Waals surface area (Å²) >= 11 is 0. The number of anilines is 1. The number of para-hydroxylation sites is 1. The molecule has 1 aromatic carbocycles. The largest absolute Gasteiger partial charge is 0.354 e. The molecular formula is C22H23N7O2. The SMILES string of the molecule is CCn1cc(NC(=O)c2cc(-c3cnn(C)c3C)nc3ccccc23)c(C(=O)NC)n1. The van der Waals surface area contributed by atoms with Gasteiger partial charge in [0, 0.05) is 43.5 Å². The third-order valence-electron chi connectivity index (χ3n) is 5.25. The second-order valence-corrected chi connectivity index (χ2v) is 7.12. The van der Waals surface area contributed by atoms with Crippen molar-refractivity contribution < 1.29 is 9.59 Å². The van der Waals surface area contributed by atoms with Crippen LogP contribution in [0.5, 0.6) is 0 Å². The summed E-state index contributed by atoms with van der Waals surface area (Å²) in [6, 6.07) is 9.22. The average Bonchev–Trinajstić information content (AvgIpc) is 3.35. The van der Waals surface area contributed by atoms with Crippen LogP contribution in [-0.4, -0.2) is 43.4 Å². The molecular weight excluding hydrogens is 394 g/mol. The van der Waals surface area contributed by atoms with E-state index in [0.717, 1.165) is 16.6 Å². The van der Waals surface area contributed by atoms with Crippen LogP contribution in [0.1, 0.15) is 33.5 Å². The Morgan fingerprint density at radius 3 is 2.61 bits per heavy atom. The molecule has 0 aliphatic carbocycles. The first-order chi connectivity index (χ1) is 14.9. The van der Waals surface area contributed by atoms with Gasteiger partial charge in [-0.05, 0) is 26.0 Å². The Labute approximate surface area is 179 Å². The van der Waals surface area contributed by atoms with Gasteiger partial charge in [-0.15, -0.1) is 0 Å². The summed E-state index contributed by atoms with van der Waals surface area (Å²) in [6.45, 7) is 4.43. The van der Waals surface area contributed by atoms with Crippen LogP contribution in [0, 0.1) is 6.92 Å². The van der Waals surface area contributed by atoms with Crippen molar-refractivity contribution in [3.05, 3.63) is 59.7 Å². The Bertz CT molecular complexity index is 1300. The molecule has 0 saturated heterocycles. The maximum atomic E-state index is 13.3. The molecule has 0 saturated carbocycles. The standard InChI is InChI=1S/C22H23N7O2/c1-5-29-12-19(20(27-29)22(31)23-3)26-21(30)15-10-18(16-11-24-28(4)13(16)2)25-17-9-7-6-8-14(15)17/h6-12H,5H2,1-4H3,(H,23,31)(H,26,30). The van der Waals surface area contributed by atoms with Crippen molar-refractivity contribution in [2.24, 2.45) is 7.05 Å². The van der Waals surface area contributed by atoms with Crippen molar-refractivity contribution in [2.75, 3.05) is 12.4 Å². The number of hydrogen-bond donors (Lipinski definition) is 2. The third kappa shape index (κ3) is 3.65. The molecule has 2 N–H and O–H groups in total. The maximum Gasteiger partial charge on any atom is 0.273 e. The van der Waals surface area contributed by atoms with Gasteiger partial charge in [-0.3, -0.25) is 19.0 Å². The topological polar surface area (TPSA) is 107 Å². The molecule has 0 aliphatic rings. The number of carbonyl (C=O) groups is 2. The summed E-state index contributed by atoms with van der Waals surface area (Å²) in [5.74, 6) is -0.712. The van der Waals surface area contributed by atoms with Gasteiger partial charge >= 0.3 is 0 Å². The van der Waals surface area contributed by atoms with Crippen molar-refractivity contribution in [3.63, 3.8) is 0 Å². The number of amides is 2. The van der Waals surface area contributed by atoms with Gasteiger partial charge < -0.3 is 10.6 Å². The molecule has 0 bridgehead atoms. The lowest BCUT2D eigenvalue weighted by Gasteiger charge is -2.10. The van der Waals surface area contributed by atoms with E-state index >= 15 is 0 Å². The molecule has 0 atom stereocenters. The summed E-state index contributed by atoms with van der Waals surface area (Å²) in [5.41, 5.74) is 4.13. The van der Waals surface area contributed by atoms with Crippen LogP contribution in [0.4, 0.5) is 5.69 Å². The Hall–Kier alpha value is -4.01. The lowest BCUT2D eigenvalue weighted by molar-refractivity contribution is 0.0958. The monoisotopic (exact) mass is 417 g/mol. The molecule has 0 unspecified atom stereocenters. The molecule has 4 aromatic rings. The molecule has 158 valence electrons. The number of pyridine rings is 1. The van der Waals surface area contributed by atoms with Crippen molar-refractivity contribution in [1.29, 1.82) is 0 Å². The molecule has 3 aromatic heterocycles. The summed E-state index contributed by atoms with van der Waals surface area (Å²) < 4.78 is 3.37. The number of hydrogen-bond acceptors (Lipinski definition) is 5. The van der Waals surface area contributed by atoms with E-state index < -0.39 is 0 Å². The van der Waals surface area contributed by atoms with Crippen molar-refractivity contribution in [2.45, 2.75) is 20.4 Å². The zero-order valence-electron chi connectivity index (χ0n) is 17.8. The van der Waals surface area contributed by atoms with Gasteiger partial charge in [0.25, 0.3) is 11.8 Å². The smallest absolute Gasteiger partial charge is 0.273 e. The zero-order valence-corrected chi connectivity index (χ0v) is 17.8. The van der Waals surface area contributed by atoms with E-state index in [2.05, 4.69) is 20.8 Å². The predicted molar refractivity (Wildman–Crippen MR) is 118 cm³/mol. The Kier molecular flexibility index (Phi) is 5.24. The fourth-order valence-electron chi connectivity index (χ4n) is 3.40. The summed E-state index contributed by atoms with van der Waals surface area (Å²) in [7, 11) is 3.39. The van der Waals surface area contributed by atoms with Gasteiger partial charge in [-0.25, -0.2) is 4.98 Å². The van der Waals surface area contributed by atoms with Gasteiger partial charge in [0.2, 0.25) is 0 Å².